The Morgan fingerprint density at radius 2 is 1.95 bits per heavy atom. The van der Waals surface area contributed by atoms with Crippen molar-refractivity contribution in [3.63, 3.8) is 0 Å². The second kappa shape index (κ2) is 7.66. The van der Waals surface area contributed by atoms with E-state index >= 15 is 0 Å². The predicted molar refractivity (Wildman–Crippen MR) is 97.8 cm³/mol. The van der Waals surface area contributed by atoms with Gasteiger partial charge in [-0.05, 0) is 56.5 Å². The zero-order chi connectivity index (χ0) is 15.6. The van der Waals surface area contributed by atoms with Crippen molar-refractivity contribution in [3.05, 3.63) is 47.4 Å². The Labute approximate surface area is 154 Å². The molecule has 21 heavy (non-hydrogen) atoms. The van der Waals surface area contributed by atoms with Crippen LogP contribution in [0.5, 0.6) is 5.75 Å². The smallest absolute Gasteiger partial charge is 0.148 e. The summed E-state index contributed by atoms with van der Waals surface area (Å²) in [5, 5.41) is 1.04. The van der Waals surface area contributed by atoms with E-state index < -0.39 is 0 Å². The molecule has 2 N–H and O–H groups in total. The second-order valence-electron chi connectivity index (χ2n) is 4.45. The molecule has 114 valence electrons. The highest BCUT2D eigenvalue weighted by Crippen LogP contribution is 2.38. The molecule has 0 saturated carbocycles. The van der Waals surface area contributed by atoms with Gasteiger partial charge >= 0.3 is 0 Å². The maximum absolute atomic E-state index is 6.23. The van der Waals surface area contributed by atoms with Crippen LogP contribution in [-0.2, 0) is 0 Å². The molecule has 0 amide bonds. The molecule has 0 fully saturated rings. The van der Waals surface area contributed by atoms with Crippen molar-refractivity contribution in [2.45, 2.75) is 25.5 Å². The second-order valence-corrected chi connectivity index (χ2v) is 8.61. The Morgan fingerprint density at radius 3 is 2.52 bits per heavy atom. The Hall–Kier alpha value is 0.220. The van der Waals surface area contributed by atoms with Crippen molar-refractivity contribution >= 4 is 66.4 Å². The van der Waals surface area contributed by atoms with Crippen LogP contribution >= 0.6 is 66.4 Å². The fraction of sp³-hybridized carbons (Fsp3) is 0.286. The van der Waals surface area contributed by atoms with E-state index in [0.717, 1.165) is 19.6 Å². The Kier molecular flexibility index (Phi) is 6.41. The first-order valence-corrected chi connectivity index (χ1v) is 9.40. The first-order chi connectivity index (χ1) is 9.92. The van der Waals surface area contributed by atoms with E-state index in [1.54, 1.807) is 23.5 Å². The summed E-state index contributed by atoms with van der Waals surface area (Å²) >= 11 is 20.7. The molecule has 7 heteroatoms. The number of nitrogens with two attached hydrogens (primary N) is 1. The summed E-state index contributed by atoms with van der Waals surface area (Å²) in [6.07, 6.45) is 0.531. The molecule has 0 aliphatic heterocycles. The van der Waals surface area contributed by atoms with Gasteiger partial charge in [0.05, 0.1) is 13.8 Å². The van der Waals surface area contributed by atoms with E-state index in [9.17, 15) is 0 Å². The SMILES string of the molecule is CCC(N)C(Oc1cc(Cl)c(Br)cc1Cl)c1ccc(Br)s1. The summed E-state index contributed by atoms with van der Waals surface area (Å²) in [6.45, 7) is 2.03. The third-order valence-electron chi connectivity index (χ3n) is 2.96. The maximum atomic E-state index is 6.23. The number of ether oxygens (including phenoxy) is 1. The molecule has 2 aromatic rings. The van der Waals surface area contributed by atoms with Gasteiger partial charge in [-0.1, -0.05) is 30.1 Å². The molecule has 0 radical (unpaired) electrons. The molecule has 0 spiro atoms. The molecular weight excluding hydrogens is 461 g/mol. The van der Waals surface area contributed by atoms with Crippen LogP contribution in [0.1, 0.15) is 24.3 Å². The van der Waals surface area contributed by atoms with E-state index in [1.807, 2.05) is 19.1 Å². The standard InChI is InChI=1S/C14H13Br2Cl2NOS/c1-2-10(19)14(12-3-4-13(16)21-12)20-11-6-8(17)7(15)5-9(11)18/h3-6,10,14H,2,19H2,1H3. The van der Waals surface area contributed by atoms with Gasteiger partial charge < -0.3 is 10.5 Å². The molecule has 0 aliphatic carbocycles. The van der Waals surface area contributed by atoms with Crippen LogP contribution in [0, 0.1) is 0 Å². The fourth-order valence-electron chi connectivity index (χ4n) is 1.78. The molecule has 2 unspecified atom stereocenters. The van der Waals surface area contributed by atoms with E-state index in [2.05, 4.69) is 31.9 Å². The van der Waals surface area contributed by atoms with Crippen molar-refractivity contribution in [2.24, 2.45) is 5.73 Å². The van der Waals surface area contributed by atoms with Crippen LogP contribution < -0.4 is 10.5 Å². The molecule has 1 aromatic heterocycles. The predicted octanol–water partition coefficient (Wildman–Crippen LogP) is 6.44. The van der Waals surface area contributed by atoms with Crippen molar-refractivity contribution in [1.82, 2.24) is 0 Å². The lowest BCUT2D eigenvalue weighted by Gasteiger charge is -2.24. The van der Waals surface area contributed by atoms with Gasteiger partial charge in [0, 0.05) is 21.5 Å². The molecule has 2 nitrogen and oxygen atoms in total. The summed E-state index contributed by atoms with van der Waals surface area (Å²) in [7, 11) is 0. The van der Waals surface area contributed by atoms with Gasteiger partial charge in [0.2, 0.25) is 0 Å². The van der Waals surface area contributed by atoms with E-state index in [-0.39, 0.29) is 12.1 Å². The molecule has 0 saturated heterocycles. The van der Waals surface area contributed by atoms with Crippen molar-refractivity contribution in [2.75, 3.05) is 0 Å². The average molecular weight is 474 g/mol. The zero-order valence-corrected chi connectivity index (χ0v) is 16.6. The summed E-state index contributed by atoms with van der Waals surface area (Å²) in [5.74, 6) is 0.531. The summed E-state index contributed by atoms with van der Waals surface area (Å²) < 4.78 is 7.83. The largest absolute Gasteiger partial charge is 0.482 e. The normalized spacial score (nSPS) is 14.0. The number of hydrogen-bond donors (Lipinski definition) is 1. The Balaban J connectivity index is 2.33. The van der Waals surface area contributed by atoms with Gasteiger partial charge in [0.25, 0.3) is 0 Å². The molecule has 0 bridgehead atoms. The van der Waals surface area contributed by atoms with Crippen LogP contribution in [0.2, 0.25) is 10.0 Å². The monoisotopic (exact) mass is 471 g/mol. The molecule has 0 aliphatic rings. The molecule has 1 aromatic carbocycles. The topological polar surface area (TPSA) is 35.2 Å². The maximum Gasteiger partial charge on any atom is 0.148 e. The summed E-state index contributed by atoms with van der Waals surface area (Å²) in [4.78, 5) is 1.05. The lowest BCUT2D eigenvalue weighted by Crippen LogP contribution is -2.31. The minimum absolute atomic E-state index is 0.131. The van der Waals surface area contributed by atoms with E-state index in [0.29, 0.717) is 15.8 Å². The van der Waals surface area contributed by atoms with Gasteiger partial charge in [0.1, 0.15) is 11.9 Å². The Morgan fingerprint density at radius 1 is 1.24 bits per heavy atom. The van der Waals surface area contributed by atoms with Gasteiger partial charge in [-0.15, -0.1) is 11.3 Å². The van der Waals surface area contributed by atoms with Crippen LogP contribution in [0.15, 0.2) is 32.5 Å². The van der Waals surface area contributed by atoms with Gasteiger partial charge in [-0.25, -0.2) is 0 Å². The highest BCUT2D eigenvalue weighted by molar-refractivity contribution is 9.11. The number of hydrogen-bond acceptors (Lipinski definition) is 3. The first-order valence-electron chi connectivity index (χ1n) is 6.24. The number of halogens is 4. The number of benzene rings is 1. The molecule has 2 atom stereocenters. The first kappa shape index (κ1) is 17.6. The van der Waals surface area contributed by atoms with Crippen molar-refractivity contribution in [3.8, 4) is 5.75 Å². The van der Waals surface area contributed by atoms with Crippen LogP contribution in [0.3, 0.4) is 0 Å². The third kappa shape index (κ3) is 4.36. The molecular formula is C14H13Br2Cl2NOS. The number of thiophene rings is 1. The van der Waals surface area contributed by atoms with Crippen LogP contribution in [-0.4, -0.2) is 6.04 Å². The minimum atomic E-state index is -0.263. The van der Waals surface area contributed by atoms with Crippen LogP contribution in [0.4, 0.5) is 0 Å². The van der Waals surface area contributed by atoms with Gasteiger partial charge in [-0.3, -0.25) is 0 Å². The highest BCUT2D eigenvalue weighted by atomic mass is 79.9. The number of rotatable bonds is 5. The average Bonchev–Trinajstić information content (AvgIpc) is 2.87. The fourth-order valence-corrected chi connectivity index (χ4v) is 4.15. The minimum Gasteiger partial charge on any atom is -0.482 e. The van der Waals surface area contributed by atoms with Gasteiger partial charge in [0.15, 0.2) is 0 Å². The van der Waals surface area contributed by atoms with Crippen molar-refractivity contribution in [1.29, 1.82) is 0 Å². The lowest BCUT2D eigenvalue weighted by molar-refractivity contribution is 0.175. The quantitative estimate of drug-likeness (QED) is 0.507. The summed E-state index contributed by atoms with van der Waals surface area (Å²) in [6, 6.07) is 7.27. The molecule has 2 rings (SSSR count). The van der Waals surface area contributed by atoms with E-state index in [4.69, 9.17) is 33.7 Å². The van der Waals surface area contributed by atoms with Gasteiger partial charge in [-0.2, -0.15) is 0 Å². The van der Waals surface area contributed by atoms with Crippen molar-refractivity contribution < 1.29 is 4.74 Å². The lowest BCUT2D eigenvalue weighted by atomic mass is 10.1. The summed E-state index contributed by atoms with van der Waals surface area (Å²) in [5.41, 5.74) is 6.21. The Bertz CT molecular complexity index is 635. The van der Waals surface area contributed by atoms with E-state index in [1.165, 1.54) is 0 Å². The molecule has 1 heterocycles. The third-order valence-corrected chi connectivity index (χ3v) is 6.14. The van der Waals surface area contributed by atoms with Crippen LogP contribution in [0.25, 0.3) is 0 Å². The highest BCUT2D eigenvalue weighted by Gasteiger charge is 2.23. The zero-order valence-electron chi connectivity index (χ0n) is 11.1.